The third kappa shape index (κ3) is 4.06. The minimum Gasteiger partial charge on any atom is -0.385 e. The molecule has 3 rings (SSSR count). The predicted octanol–water partition coefficient (Wildman–Crippen LogP) is 4.23. The van der Waals surface area contributed by atoms with Crippen LogP contribution in [-0.4, -0.2) is 36.1 Å². The number of aromatic nitrogens is 2. The molecule has 5 nitrogen and oxygen atoms in total. The van der Waals surface area contributed by atoms with Crippen molar-refractivity contribution in [1.82, 2.24) is 15.3 Å². The summed E-state index contributed by atoms with van der Waals surface area (Å²) in [5, 5.41) is 4.91. The molecule has 0 aliphatic heterocycles. The van der Waals surface area contributed by atoms with Crippen LogP contribution in [0.1, 0.15) is 27.2 Å². The van der Waals surface area contributed by atoms with E-state index in [1.54, 1.807) is 24.8 Å². The summed E-state index contributed by atoms with van der Waals surface area (Å²) in [7, 11) is 1.66. The Bertz CT molecular complexity index is 924. The Morgan fingerprint density at radius 2 is 2.08 bits per heavy atom. The highest BCUT2D eigenvalue weighted by molar-refractivity contribution is 7.99. The smallest absolute Gasteiger partial charge is 0.252 e. The second-order valence-corrected chi connectivity index (χ2v) is 8.08. The van der Waals surface area contributed by atoms with Crippen LogP contribution in [0.2, 0.25) is 0 Å². The van der Waals surface area contributed by atoms with Crippen LogP contribution >= 0.6 is 23.1 Å². The number of nitrogens with zero attached hydrogens (tertiary/aromatic N) is 2. The standard InChI is InChI=1S/C19H21N3O2S2/c1-12-13(2)25-18-16(12)19(22-11-21-18)26-15-8-5-4-7-14(15)17(23)20-9-6-10-24-3/h4-5,7-8,11H,6,9-10H2,1-3H3,(H,20,23). The van der Waals surface area contributed by atoms with Crippen LogP contribution in [0.5, 0.6) is 0 Å². The summed E-state index contributed by atoms with van der Waals surface area (Å²) in [6, 6.07) is 7.62. The van der Waals surface area contributed by atoms with E-state index < -0.39 is 0 Å². The number of amides is 1. The lowest BCUT2D eigenvalue weighted by atomic mass is 10.2. The molecule has 0 spiro atoms. The first-order valence-electron chi connectivity index (χ1n) is 8.36. The Labute approximate surface area is 161 Å². The van der Waals surface area contributed by atoms with Crippen molar-refractivity contribution < 1.29 is 9.53 Å². The zero-order valence-corrected chi connectivity index (χ0v) is 16.7. The molecule has 1 amide bonds. The summed E-state index contributed by atoms with van der Waals surface area (Å²) >= 11 is 3.19. The van der Waals surface area contributed by atoms with E-state index in [2.05, 4.69) is 29.1 Å². The lowest BCUT2D eigenvalue weighted by Gasteiger charge is -2.10. The van der Waals surface area contributed by atoms with Gasteiger partial charge in [0.25, 0.3) is 5.91 Å². The number of hydrogen-bond donors (Lipinski definition) is 1. The largest absolute Gasteiger partial charge is 0.385 e. The van der Waals surface area contributed by atoms with Gasteiger partial charge < -0.3 is 10.1 Å². The van der Waals surface area contributed by atoms with Crippen LogP contribution in [0.3, 0.4) is 0 Å². The van der Waals surface area contributed by atoms with Crippen LogP contribution in [0.15, 0.2) is 40.5 Å². The molecule has 26 heavy (non-hydrogen) atoms. The summed E-state index contributed by atoms with van der Waals surface area (Å²) in [5.74, 6) is -0.0762. The van der Waals surface area contributed by atoms with Crippen molar-refractivity contribution in [2.75, 3.05) is 20.3 Å². The quantitative estimate of drug-likeness (QED) is 0.486. The highest BCUT2D eigenvalue weighted by Gasteiger charge is 2.16. The molecule has 0 fully saturated rings. The molecule has 2 aromatic heterocycles. The zero-order valence-electron chi connectivity index (χ0n) is 15.0. The van der Waals surface area contributed by atoms with E-state index in [0.29, 0.717) is 18.7 Å². The van der Waals surface area contributed by atoms with Gasteiger partial charge in [0.15, 0.2) is 0 Å². The van der Waals surface area contributed by atoms with Crippen LogP contribution in [0, 0.1) is 13.8 Å². The topological polar surface area (TPSA) is 64.1 Å². The van der Waals surface area contributed by atoms with Gasteiger partial charge in [0, 0.05) is 35.4 Å². The number of nitrogens with one attached hydrogen (secondary N) is 1. The lowest BCUT2D eigenvalue weighted by molar-refractivity contribution is 0.0945. The number of aryl methyl sites for hydroxylation is 2. The number of carbonyl (C=O) groups excluding carboxylic acids is 1. The number of fused-ring (bicyclic) bond motifs is 1. The van der Waals surface area contributed by atoms with Crippen LogP contribution in [0.25, 0.3) is 10.2 Å². The molecule has 1 N–H and O–H groups in total. The molecular formula is C19H21N3O2S2. The molecule has 0 unspecified atom stereocenters. The number of ether oxygens (including phenoxy) is 1. The van der Waals surface area contributed by atoms with Crippen molar-refractivity contribution in [3.8, 4) is 0 Å². The van der Waals surface area contributed by atoms with E-state index in [4.69, 9.17) is 4.74 Å². The van der Waals surface area contributed by atoms with Crippen molar-refractivity contribution >= 4 is 39.2 Å². The van der Waals surface area contributed by atoms with Gasteiger partial charge in [0.05, 0.1) is 5.56 Å². The van der Waals surface area contributed by atoms with E-state index in [1.807, 2.05) is 24.3 Å². The van der Waals surface area contributed by atoms with Gasteiger partial charge in [0.2, 0.25) is 0 Å². The van der Waals surface area contributed by atoms with Crippen LogP contribution in [-0.2, 0) is 4.74 Å². The van der Waals surface area contributed by atoms with E-state index in [0.717, 1.165) is 26.6 Å². The maximum atomic E-state index is 12.6. The van der Waals surface area contributed by atoms with Gasteiger partial charge in [0.1, 0.15) is 16.2 Å². The molecule has 0 aliphatic carbocycles. The first-order valence-corrected chi connectivity index (χ1v) is 10.00. The van der Waals surface area contributed by atoms with Gasteiger partial charge in [-0.2, -0.15) is 0 Å². The van der Waals surface area contributed by atoms with E-state index in [9.17, 15) is 4.79 Å². The fraction of sp³-hybridized carbons (Fsp3) is 0.316. The summed E-state index contributed by atoms with van der Waals surface area (Å²) in [4.78, 5) is 24.5. The fourth-order valence-electron chi connectivity index (χ4n) is 2.59. The Morgan fingerprint density at radius 1 is 1.27 bits per heavy atom. The molecule has 0 aliphatic rings. The SMILES string of the molecule is COCCCNC(=O)c1ccccc1Sc1ncnc2sc(C)c(C)c12. The zero-order chi connectivity index (χ0) is 18.5. The van der Waals surface area contributed by atoms with E-state index >= 15 is 0 Å². The monoisotopic (exact) mass is 387 g/mol. The first-order chi connectivity index (χ1) is 12.6. The van der Waals surface area contributed by atoms with Gasteiger partial charge in [-0.15, -0.1) is 11.3 Å². The first kappa shape index (κ1) is 18.8. The van der Waals surface area contributed by atoms with Crippen molar-refractivity contribution in [3.63, 3.8) is 0 Å². The summed E-state index contributed by atoms with van der Waals surface area (Å²) < 4.78 is 5.02. The molecule has 136 valence electrons. The van der Waals surface area contributed by atoms with Crippen molar-refractivity contribution in [2.24, 2.45) is 0 Å². The molecule has 3 aromatic rings. The van der Waals surface area contributed by atoms with Gasteiger partial charge >= 0.3 is 0 Å². The van der Waals surface area contributed by atoms with E-state index in [1.165, 1.54) is 22.2 Å². The van der Waals surface area contributed by atoms with E-state index in [-0.39, 0.29) is 5.91 Å². The predicted molar refractivity (Wildman–Crippen MR) is 106 cm³/mol. The third-order valence-corrected chi connectivity index (χ3v) is 6.27. The maximum Gasteiger partial charge on any atom is 0.252 e. The Kier molecular flexibility index (Phi) is 6.24. The van der Waals surface area contributed by atoms with Crippen molar-refractivity contribution in [2.45, 2.75) is 30.2 Å². The number of carbonyl (C=O) groups is 1. The summed E-state index contributed by atoms with van der Waals surface area (Å²) in [5.41, 5.74) is 1.86. The highest BCUT2D eigenvalue weighted by atomic mass is 32.2. The number of rotatable bonds is 7. The lowest BCUT2D eigenvalue weighted by Crippen LogP contribution is -2.25. The molecular weight excluding hydrogens is 366 g/mol. The fourth-order valence-corrected chi connectivity index (χ4v) is 4.73. The molecule has 2 heterocycles. The summed E-state index contributed by atoms with van der Waals surface area (Å²) in [6.45, 7) is 5.41. The van der Waals surface area contributed by atoms with Crippen molar-refractivity contribution in [3.05, 3.63) is 46.6 Å². The molecule has 0 atom stereocenters. The maximum absolute atomic E-state index is 12.6. The Balaban J connectivity index is 1.86. The minimum atomic E-state index is -0.0762. The molecule has 0 saturated carbocycles. The molecule has 0 bridgehead atoms. The molecule has 7 heteroatoms. The molecule has 0 saturated heterocycles. The summed E-state index contributed by atoms with van der Waals surface area (Å²) in [6.07, 6.45) is 2.38. The van der Waals surface area contributed by atoms with Crippen LogP contribution in [0.4, 0.5) is 0 Å². The average molecular weight is 388 g/mol. The van der Waals surface area contributed by atoms with Gasteiger partial charge in [-0.25, -0.2) is 9.97 Å². The molecule has 0 radical (unpaired) electrons. The normalized spacial score (nSPS) is 11.0. The highest BCUT2D eigenvalue weighted by Crippen LogP contribution is 2.38. The molecule has 1 aromatic carbocycles. The number of thiophene rings is 1. The van der Waals surface area contributed by atoms with Gasteiger partial charge in [-0.1, -0.05) is 23.9 Å². The minimum absolute atomic E-state index is 0.0762. The average Bonchev–Trinajstić information content (AvgIpc) is 2.94. The second-order valence-electron chi connectivity index (χ2n) is 5.84. The number of hydrogen-bond acceptors (Lipinski definition) is 6. The number of methoxy groups -OCH3 is 1. The van der Waals surface area contributed by atoms with Gasteiger partial charge in [-0.3, -0.25) is 4.79 Å². The third-order valence-electron chi connectivity index (χ3n) is 4.08. The van der Waals surface area contributed by atoms with Gasteiger partial charge in [-0.05, 0) is 38.0 Å². The second kappa shape index (κ2) is 8.62. The number of benzene rings is 1. The Hall–Kier alpha value is -1.96. The van der Waals surface area contributed by atoms with Crippen LogP contribution < -0.4 is 5.32 Å². The van der Waals surface area contributed by atoms with Crippen molar-refractivity contribution in [1.29, 1.82) is 0 Å². The Morgan fingerprint density at radius 3 is 2.88 bits per heavy atom.